The van der Waals surface area contributed by atoms with Gasteiger partial charge in [-0.25, -0.2) is 17.9 Å². The standard InChI is InChI=1S/C12H23N3O5S/c1-12(10(16)17)4-8-15(9-5-12)11(18)13-6-3-7-14-21(2,19)20/h14H,3-9H2,1-2H3,(H,13,18)(H,16,17). The molecule has 9 heteroatoms. The molecule has 122 valence electrons. The Morgan fingerprint density at radius 3 is 2.29 bits per heavy atom. The van der Waals surface area contributed by atoms with Crippen molar-refractivity contribution >= 4 is 22.0 Å². The number of carbonyl (C=O) groups is 2. The third-order valence-corrected chi connectivity index (χ3v) is 4.39. The van der Waals surface area contributed by atoms with E-state index in [4.69, 9.17) is 5.11 Å². The molecular weight excluding hydrogens is 298 g/mol. The molecule has 3 N–H and O–H groups in total. The lowest BCUT2D eigenvalue weighted by atomic mass is 9.80. The molecule has 1 aliphatic heterocycles. The van der Waals surface area contributed by atoms with Crippen LogP contribution in [0.4, 0.5) is 4.79 Å². The van der Waals surface area contributed by atoms with Gasteiger partial charge in [0.25, 0.3) is 0 Å². The monoisotopic (exact) mass is 321 g/mol. The van der Waals surface area contributed by atoms with E-state index >= 15 is 0 Å². The minimum absolute atomic E-state index is 0.234. The molecule has 0 aromatic rings. The molecule has 1 rings (SSSR count). The largest absolute Gasteiger partial charge is 0.481 e. The second kappa shape index (κ2) is 7.08. The molecule has 1 heterocycles. The minimum atomic E-state index is -3.20. The van der Waals surface area contributed by atoms with Gasteiger partial charge in [-0.15, -0.1) is 0 Å². The number of carboxylic acids is 1. The normalized spacial score (nSPS) is 18.3. The summed E-state index contributed by atoms with van der Waals surface area (Å²) in [6, 6.07) is -0.234. The average molecular weight is 321 g/mol. The van der Waals surface area contributed by atoms with E-state index in [1.165, 1.54) is 0 Å². The van der Waals surface area contributed by atoms with Crippen LogP contribution in [0.5, 0.6) is 0 Å². The van der Waals surface area contributed by atoms with Gasteiger partial charge in [0.2, 0.25) is 10.0 Å². The van der Waals surface area contributed by atoms with Crippen LogP contribution in [0.25, 0.3) is 0 Å². The van der Waals surface area contributed by atoms with Crippen LogP contribution in [0.3, 0.4) is 0 Å². The Morgan fingerprint density at radius 1 is 1.24 bits per heavy atom. The Balaban J connectivity index is 2.24. The van der Waals surface area contributed by atoms with Crippen LogP contribution in [0.15, 0.2) is 0 Å². The molecule has 1 saturated heterocycles. The second-order valence-corrected chi connectivity index (χ2v) is 7.44. The van der Waals surface area contributed by atoms with Crippen molar-refractivity contribution in [3.8, 4) is 0 Å². The van der Waals surface area contributed by atoms with Crippen molar-refractivity contribution in [1.82, 2.24) is 14.9 Å². The fraction of sp³-hybridized carbons (Fsp3) is 0.833. The van der Waals surface area contributed by atoms with E-state index in [2.05, 4.69) is 10.0 Å². The van der Waals surface area contributed by atoms with Crippen molar-refractivity contribution in [3.63, 3.8) is 0 Å². The molecule has 0 aromatic carbocycles. The van der Waals surface area contributed by atoms with Crippen molar-refractivity contribution < 1.29 is 23.1 Å². The summed E-state index contributed by atoms with van der Waals surface area (Å²) in [5.41, 5.74) is -0.754. The van der Waals surface area contributed by atoms with E-state index in [1.54, 1.807) is 11.8 Å². The van der Waals surface area contributed by atoms with Crippen LogP contribution >= 0.6 is 0 Å². The van der Waals surface area contributed by atoms with Crippen molar-refractivity contribution in [2.75, 3.05) is 32.4 Å². The van der Waals surface area contributed by atoms with E-state index in [0.717, 1.165) is 6.26 Å². The summed E-state index contributed by atoms with van der Waals surface area (Å²) in [5.74, 6) is -0.825. The summed E-state index contributed by atoms with van der Waals surface area (Å²) in [7, 11) is -3.20. The highest BCUT2D eigenvalue weighted by molar-refractivity contribution is 7.88. The Bertz CT molecular complexity index is 483. The van der Waals surface area contributed by atoms with Crippen LogP contribution in [0.1, 0.15) is 26.2 Å². The number of piperidine rings is 1. The van der Waals surface area contributed by atoms with Gasteiger partial charge in [-0.2, -0.15) is 0 Å². The van der Waals surface area contributed by atoms with E-state index in [9.17, 15) is 18.0 Å². The summed E-state index contributed by atoms with van der Waals surface area (Å²) >= 11 is 0. The molecule has 0 unspecified atom stereocenters. The number of aliphatic carboxylic acids is 1. The molecule has 0 bridgehead atoms. The number of rotatable bonds is 6. The van der Waals surface area contributed by atoms with Gasteiger partial charge in [0.1, 0.15) is 0 Å². The second-order valence-electron chi connectivity index (χ2n) is 5.60. The summed E-state index contributed by atoms with van der Waals surface area (Å²) < 4.78 is 24.0. The van der Waals surface area contributed by atoms with Crippen molar-refractivity contribution in [1.29, 1.82) is 0 Å². The molecule has 0 spiro atoms. The summed E-state index contributed by atoms with van der Waals surface area (Å²) in [6.45, 7) is 3.16. The number of urea groups is 1. The molecule has 0 saturated carbocycles. The molecule has 0 radical (unpaired) electrons. The van der Waals surface area contributed by atoms with E-state index in [1.807, 2.05) is 0 Å². The summed E-state index contributed by atoms with van der Waals surface area (Å²) in [4.78, 5) is 24.6. The van der Waals surface area contributed by atoms with E-state index in [-0.39, 0.29) is 12.6 Å². The lowest BCUT2D eigenvalue weighted by Crippen LogP contribution is -2.49. The van der Waals surface area contributed by atoms with Gasteiger partial charge in [-0.3, -0.25) is 4.79 Å². The molecule has 1 fully saturated rings. The van der Waals surface area contributed by atoms with Gasteiger partial charge in [-0.1, -0.05) is 0 Å². The number of carboxylic acid groups (broad SMARTS) is 1. The first kappa shape index (κ1) is 17.7. The molecular formula is C12H23N3O5S. The lowest BCUT2D eigenvalue weighted by molar-refractivity contribution is -0.150. The Kier molecular flexibility index (Phi) is 5.97. The van der Waals surface area contributed by atoms with Gasteiger partial charge in [0.05, 0.1) is 11.7 Å². The zero-order valence-electron chi connectivity index (χ0n) is 12.4. The van der Waals surface area contributed by atoms with Crippen molar-refractivity contribution in [3.05, 3.63) is 0 Å². The summed E-state index contributed by atoms with van der Waals surface area (Å²) in [5, 5.41) is 11.8. The zero-order valence-corrected chi connectivity index (χ0v) is 13.2. The first-order chi connectivity index (χ1) is 9.64. The van der Waals surface area contributed by atoms with Gasteiger partial charge in [0.15, 0.2) is 0 Å². The quantitative estimate of drug-likeness (QED) is 0.587. The highest BCUT2D eigenvalue weighted by Crippen LogP contribution is 2.30. The fourth-order valence-electron chi connectivity index (χ4n) is 2.07. The van der Waals surface area contributed by atoms with Crippen molar-refractivity contribution in [2.24, 2.45) is 5.41 Å². The van der Waals surface area contributed by atoms with Crippen molar-refractivity contribution in [2.45, 2.75) is 26.2 Å². The molecule has 0 aromatic heterocycles. The first-order valence-corrected chi connectivity index (χ1v) is 8.74. The number of nitrogens with one attached hydrogen (secondary N) is 2. The summed E-state index contributed by atoms with van der Waals surface area (Å²) in [6.07, 6.45) is 2.45. The maximum Gasteiger partial charge on any atom is 0.317 e. The molecule has 1 aliphatic rings. The molecule has 2 amide bonds. The third kappa shape index (κ3) is 5.88. The number of nitrogens with zero attached hydrogens (tertiary/aromatic N) is 1. The topological polar surface area (TPSA) is 116 Å². The Hall–Kier alpha value is -1.35. The lowest BCUT2D eigenvalue weighted by Gasteiger charge is -2.36. The number of likely N-dealkylation sites (tertiary alicyclic amines) is 1. The highest BCUT2D eigenvalue weighted by Gasteiger charge is 2.37. The average Bonchev–Trinajstić information content (AvgIpc) is 2.37. The zero-order chi connectivity index (χ0) is 16.1. The SMILES string of the molecule is CC1(C(=O)O)CCN(C(=O)NCCCNS(C)(=O)=O)CC1. The van der Waals surface area contributed by atoms with Crippen LogP contribution in [-0.2, 0) is 14.8 Å². The molecule has 21 heavy (non-hydrogen) atoms. The number of hydrogen-bond donors (Lipinski definition) is 3. The van der Waals surface area contributed by atoms with Gasteiger partial charge in [-0.05, 0) is 26.2 Å². The van der Waals surface area contributed by atoms with Gasteiger partial charge >= 0.3 is 12.0 Å². The van der Waals surface area contributed by atoms with Gasteiger partial charge < -0.3 is 15.3 Å². The number of sulfonamides is 1. The van der Waals surface area contributed by atoms with Crippen LogP contribution < -0.4 is 10.0 Å². The molecule has 0 aliphatic carbocycles. The number of carbonyl (C=O) groups excluding carboxylic acids is 1. The maximum absolute atomic E-state index is 11.9. The predicted octanol–water partition coefficient (Wildman–Crippen LogP) is -0.178. The van der Waals surface area contributed by atoms with E-state index in [0.29, 0.717) is 38.9 Å². The third-order valence-electron chi connectivity index (χ3n) is 3.66. The minimum Gasteiger partial charge on any atom is -0.481 e. The maximum atomic E-state index is 11.9. The fourth-order valence-corrected chi connectivity index (χ4v) is 2.59. The first-order valence-electron chi connectivity index (χ1n) is 6.85. The smallest absolute Gasteiger partial charge is 0.317 e. The van der Waals surface area contributed by atoms with E-state index < -0.39 is 21.4 Å². The number of hydrogen-bond acceptors (Lipinski definition) is 4. The predicted molar refractivity (Wildman–Crippen MR) is 77.4 cm³/mol. The Morgan fingerprint density at radius 2 is 1.81 bits per heavy atom. The highest BCUT2D eigenvalue weighted by atomic mass is 32.2. The Labute approximate surface area is 124 Å². The molecule has 0 atom stereocenters. The van der Waals surface area contributed by atoms with Crippen LogP contribution in [0.2, 0.25) is 0 Å². The van der Waals surface area contributed by atoms with Gasteiger partial charge in [0, 0.05) is 26.2 Å². The van der Waals surface area contributed by atoms with Crippen LogP contribution in [-0.4, -0.2) is 62.9 Å². The van der Waals surface area contributed by atoms with Crippen LogP contribution in [0, 0.1) is 5.41 Å². The molecule has 8 nitrogen and oxygen atoms in total. The number of amides is 2.